The smallest absolute Gasteiger partial charge is 0.344 e. The fourth-order valence-corrected chi connectivity index (χ4v) is 2.13. The van der Waals surface area contributed by atoms with Crippen LogP contribution in [0, 0.1) is 6.92 Å². The van der Waals surface area contributed by atoms with Gasteiger partial charge in [0.15, 0.2) is 13.2 Å². The van der Waals surface area contributed by atoms with Crippen molar-refractivity contribution in [2.75, 3.05) is 20.3 Å². The third-order valence-electron chi connectivity index (χ3n) is 3.78. The molecule has 0 bridgehead atoms. The van der Waals surface area contributed by atoms with Crippen molar-refractivity contribution >= 4 is 23.5 Å². The Hall–Kier alpha value is -1.75. The lowest BCUT2D eigenvalue weighted by Crippen LogP contribution is -2.36. The number of hydrogen-bond acceptors (Lipinski definition) is 4. The molecule has 5 nitrogen and oxygen atoms in total. The van der Waals surface area contributed by atoms with Gasteiger partial charge < -0.3 is 14.4 Å². The van der Waals surface area contributed by atoms with E-state index in [0.29, 0.717) is 10.8 Å². The Bertz CT molecular complexity index is 599. The van der Waals surface area contributed by atoms with E-state index in [1.807, 2.05) is 46.8 Å². The lowest BCUT2D eigenvalue weighted by atomic mass is 10.0. The Morgan fingerprint density at radius 3 is 2.33 bits per heavy atom. The van der Waals surface area contributed by atoms with Crippen LogP contribution in [0.3, 0.4) is 0 Å². The normalized spacial score (nSPS) is 10.9. The summed E-state index contributed by atoms with van der Waals surface area (Å²) in [7, 11) is 1.67. The number of esters is 1. The number of likely N-dealkylation sites (N-methyl/N-ethyl adjacent to an activating group) is 1. The molecule has 0 radical (unpaired) electrons. The van der Waals surface area contributed by atoms with E-state index in [4.69, 9.17) is 21.1 Å². The predicted molar refractivity (Wildman–Crippen MR) is 94.6 cm³/mol. The number of carbonyl (C=O) groups is 2. The van der Waals surface area contributed by atoms with Gasteiger partial charge in [-0.05, 0) is 49.9 Å². The van der Waals surface area contributed by atoms with E-state index in [9.17, 15) is 9.59 Å². The van der Waals surface area contributed by atoms with Crippen LogP contribution in [-0.4, -0.2) is 43.1 Å². The first-order valence-corrected chi connectivity index (χ1v) is 8.35. The molecule has 24 heavy (non-hydrogen) atoms. The molecule has 1 aromatic rings. The van der Waals surface area contributed by atoms with Gasteiger partial charge in [-0.2, -0.15) is 0 Å². The predicted octanol–water partition coefficient (Wildman–Crippen LogP) is 3.56. The van der Waals surface area contributed by atoms with Gasteiger partial charge >= 0.3 is 5.97 Å². The number of carbonyl (C=O) groups excluding carboxylic acids is 2. The summed E-state index contributed by atoms with van der Waals surface area (Å²) < 4.78 is 10.5. The molecule has 1 rings (SSSR count). The summed E-state index contributed by atoms with van der Waals surface area (Å²) in [5.41, 5.74) is 1.80. The molecule has 0 aromatic heterocycles. The fourth-order valence-electron chi connectivity index (χ4n) is 1.96. The van der Waals surface area contributed by atoms with Crippen LogP contribution >= 0.6 is 11.6 Å². The third kappa shape index (κ3) is 5.71. The van der Waals surface area contributed by atoms with Crippen molar-refractivity contribution in [3.63, 3.8) is 0 Å². The SMILES string of the molecule is Cc1cc(OCC(=O)OCC(=O)N(C)C(C)C)c(C(C)C)cc1Cl. The van der Waals surface area contributed by atoms with E-state index in [0.717, 1.165) is 11.1 Å². The molecule has 0 aliphatic rings. The number of amides is 1. The Balaban J connectivity index is 2.62. The number of halogens is 1. The van der Waals surface area contributed by atoms with Crippen LogP contribution in [0.2, 0.25) is 5.02 Å². The van der Waals surface area contributed by atoms with Crippen LogP contribution in [-0.2, 0) is 14.3 Å². The highest BCUT2D eigenvalue weighted by Crippen LogP contribution is 2.31. The Morgan fingerprint density at radius 1 is 1.17 bits per heavy atom. The van der Waals surface area contributed by atoms with E-state index < -0.39 is 5.97 Å². The maximum atomic E-state index is 11.8. The van der Waals surface area contributed by atoms with Crippen molar-refractivity contribution < 1.29 is 19.1 Å². The van der Waals surface area contributed by atoms with Crippen molar-refractivity contribution in [1.82, 2.24) is 4.90 Å². The summed E-state index contributed by atoms with van der Waals surface area (Å²) in [5, 5.41) is 0.663. The standard InChI is InChI=1S/C18H26ClNO4/c1-11(2)14-8-15(19)13(5)7-16(14)23-10-18(22)24-9-17(21)20(6)12(3)4/h7-8,11-12H,9-10H2,1-6H3. The van der Waals surface area contributed by atoms with Crippen LogP contribution in [0.15, 0.2) is 12.1 Å². The minimum atomic E-state index is -0.581. The van der Waals surface area contributed by atoms with E-state index in [-0.39, 0.29) is 31.1 Å². The highest BCUT2D eigenvalue weighted by atomic mass is 35.5. The van der Waals surface area contributed by atoms with Gasteiger partial charge in [-0.15, -0.1) is 0 Å². The zero-order valence-corrected chi connectivity index (χ0v) is 15.9. The Kier molecular flexibility index (Phi) is 7.55. The second-order valence-electron chi connectivity index (χ2n) is 6.34. The summed E-state index contributed by atoms with van der Waals surface area (Å²) >= 11 is 6.14. The number of nitrogens with zero attached hydrogens (tertiary/aromatic N) is 1. The molecule has 0 N–H and O–H groups in total. The number of aryl methyl sites for hydroxylation is 1. The minimum absolute atomic E-state index is 0.0538. The van der Waals surface area contributed by atoms with Gasteiger partial charge in [0, 0.05) is 18.1 Å². The summed E-state index contributed by atoms with van der Waals surface area (Å²) in [6.07, 6.45) is 0. The average molecular weight is 356 g/mol. The molecular formula is C18H26ClNO4. The number of hydrogen-bond donors (Lipinski definition) is 0. The fraction of sp³-hybridized carbons (Fsp3) is 0.556. The van der Waals surface area contributed by atoms with Crippen molar-refractivity contribution in [3.05, 3.63) is 28.3 Å². The van der Waals surface area contributed by atoms with Crippen LogP contribution in [0.4, 0.5) is 0 Å². The quantitative estimate of drug-likeness (QED) is 0.702. The molecular weight excluding hydrogens is 330 g/mol. The van der Waals surface area contributed by atoms with Gasteiger partial charge in [0.2, 0.25) is 0 Å². The zero-order chi connectivity index (χ0) is 18.4. The van der Waals surface area contributed by atoms with Crippen LogP contribution in [0.25, 0.3) is 0 Å². The molecule has 6 heteroatoms. The van der Waals surface area contributed by atoms with Gasteiger partial charge in [-0.1, -0.05) is 25.4 Å². The maximum absolute atomic E-state index is 11.8. The largest absolute Gasteiger partial charge is 0.482 e. The lowest BCUT2D eigenvalue weighted by Gasteiger charge is -2.21. The number of benzene rings is 1. The molecule has 0 aliphatic heterocycles. The van der Waals surface area contributed by atoms with E-state index in [1.54, 1.807) is 7.05 Å². The van der Waals surface area contributed by atoms with Crippen molar-refractivity contribution in [2.45, 2.75) is 46.6 Å². The van der Waals surface area contributed by atoms with Crippen molar-refractivity contribution in [2.24, 2.45) is 0 Å². The second-order valence-corrected chi connectivity index (χ2v) is 6.75. The van der Waals surface area contributed by atoms with Gasteiger partial charge in [0.05, 0.1) is 0 Å². The molecule has 1 amide bonds. The molecule has 0 saturated heterocycles. The third-order valence-corrected chi connectivity index (χ3v) is 4.19. The molecule has 0 atom stereocenters. The Morgan fingerprint density at radius 2 is 1.79 bits per heavy atom. The lowest BCUT2D eigenvalue weighted by molar-refractivity contribution is -0.153. The van der Waals surface area contributed by atoms with Gasteiger partial charge in [-0.3, -0.25) is 4.79 Å². The highest BCUT2D eigenvalue weighted by molar-refractivity contribution is 6.31. The van der Waals surface area contributed by atoms with E-state index in [2.05, 4.69) is 0 Å². The van der Waals surface area contributed by atoms with Gasteiger partial charge in [0.25, 0.3) is 5.91 Å². The van der Waals surface area contributed by atoms with E-state index >= 15 is 0 Å². The molecule has 0 saturated carbocycles. The van der Waals surface area contributed by atoms with Crippen molar-refractivity contribution in [1.29, 1.82) is 0 Å². The summed E-state index contributed by atoms with van der Waals surface area (Å²) in [6, 6.07) is 3.71. The first kappa shape index (κ1) is 20.3. The molecule has 0 fully saturated rings. The van der Waals surface area contributed by atoms with Crippen molar-refractivity contribution in [3.8, 4) is 5.75 Å². The summed E-state index contributed by atoms with van der Waals surface area (Å²) in [5.74, 6) is -0.0174. The first-order chi connectivity index (χ1) is 11.1. The zero-order valence-electron chi connectivity index (χ0n) is 15.2. The van der Waals surface area contributed by atoms with Gasteiger partial charge in [0.1, 0.15) is 5.75 Å². The summed E-state index contributed by atoms with van der Waals surface area (Å²) in [4.78, 5) is 25.1. The number of ether oxygens (including phenoxy) is 2. The molecule has 0 unspecified atom stereocenters. The maximum Gasteiger partial charge on any atom is 0.344 e. The molecule has 1 aromatic carbocycles. The summed E-state index contributed by atoms with van der Waals surface area (Å²) in [6.45, 7) is 9.16. The molecule has 0 aliphatic carbocycles. The van der Waals surface area contributed by atoms with Crippen LogP contribution in [0.1, 0.15) is 44.7 Å². The second kappa shape index (κ2) is 8.92. The topological polar surface area (TPSA) is 55.8 Å². The molecule has 0 heterocycles. The monoisotopic (exact) mass is 355 g/mol. The Labute approximate surface area is 148 Å². The average Bonchev–Trinajstić information content (AvgIpc) is 2.51. The van der Waals surface area contributed by atoms with Crippen LogP contribution < -0.4 is 4.74 Å². The molecule has 134 valence electrons. The van der Waals surface area contributed by atoms with E-state index in [1.165, 1.54) is 4.90 Å². The highest BCUT2D eigenvalue weighted by Gasteiger charge is 2.16. The van der Waals surface area contributed by atoms with Crippen LogP contribution in [0.5, 0.6) is 5.75 Å². The van der Waals surface area contributed by atoms with Gasteiger partial charge in [-0.25, -0.2) is 4.79 Å². The first-order valence-electron chi connectivity index (χ1n) is 7.97. The number of rotatable bonds is 7. The molecule has 0 spiro atoms. The minimum Gasteiger partial charge on any atom is -0.482 e.